The quantitative estimate of drug-likeness (QED) is 0.744. The second kappa shape index (κ2) is 9.39. The molecule has 1 unspecified atom stereocenters. The maximum absolute atomic E-state index is 13.8. The van der Waals surface area contributed by atoms with E-state index >= 15 is 0 Å². The van der Waals surface area contributed by atoms with Crippen molar-refractivity contribution in [2.24, 2.45) is 0 Å². The Balaban J connectivity index is 1.38. The van der Waals surface area contributed by atoms with Gasteiger partial charge in [0.15, 0.2) is 0 Å². The van der Waals surface area contributed by atoms with Gasteiger partial charge in [0.25, 0.3) is 0 Å². The highest BCUT2D eigenvalue weighted by molar-refractivity contribution is 5.78. The fraction of sp³-hybridized carbons (Fsp3) is 0.636. The Morgan fingerprint density at radius 2 is 1.67 bits per heavy atom. The van der Waals surface area contributed by atoms with Crippen molar-refractivity contribution in [2.45, 2.75) is 45.2 Å². The number of para-hydroxylation sites is 2. The minimum absolute atomic E-state index is 0.213. The zero-order chi connectivity index (χ0) is 21.1. The van der Waals surface area contributed by atoms with E-state index in [1.807, 2.05) is 17.9 Å². The molecule has 1 aromatic carbocycles. The fourth-order valence-electron chi connectivity index (χ4n) is 4.65. The van der Waals surface area contributed by atoms with Crippen molar-refractivity contribution in [1.29, 1.82) is 0 Å². The van der Waals surface area contributed by atoms with Crippen molar-refractivity contribution in [2.75, 3.05) is 45.8 Å². The summed E-state index contributed by atoms with van der Waals surface area (Å²) in [5, 5.41) is 0. The van der Waals surface area contributed by atoms with E-state index in [0.717, 1.165) is 56.7 Å². The van der Waals surface area contributed by atoms with Crippen molar-refractivity contribution in [1.82, 2.24) is 24.3 Å². The number of rotatable bonds is 5. The SMILES string of the molecule is CC(c1nc2ccccc2n1C(F)F)N1CCN(CC(=O)N2CCCCCC2)CC1. The van der Waals surface area contributed by atoms with E-state index in [-0.39, 0.29) is 11.9 Å². The molecule has 0 spiro atoms. The molecule has 1 aromatic heterocycles. The molecule has 0 saturated carbocycles. The van der Waals surface area contributed by atoms with E-state index in [2.05, 4.69) is 14.8 Å². The predicted molar refractivity (Wildman–Crippen MR) is 112 cm³/mol. The van der Waals surface area contributed by atoms with Crippen LogP contribution in [0.4, 0.5) is 8.78 Å². The molecule has 2 fully saturated rings. The second-order valence-electron chi connectivity index (χ2n) is 8.39. The number of benzene rings is 1. The van der Waals surface area contributed by atoms with Crippen molar-refractivity contribution < 1.29 is 13.6 Å². The summed E-state index contributed by atoms with van der Waals surface area (Å²) in [4.78, 5) is 23.5. The van der Waals surface area contributed by atoms with Crippen LogP contribution in [0.3, 0.4) is 0 Å². The Morgan fingerprint density at radius 3 is 2.33 bits per heavy atom. The van der Waals surface area contributed by atoms with Gasteiger partial charge in [0.2, 0.25) is 5.91 Å². The Hall–Kier alpha value is -2.06. The van der Waals surface area contributed by atoms with Crippen LogP contribution in [0.15, 0.2) is 24.3 Å². The molecule has 0 radical (unpaired) electrons. The number of aromatic nitrogens is 2. The molecule has 4 rings (SSSR count). The number of amides is 1. The van der Waals surface area contributed by atoms with Gasteiger partial charge in [-0.3, -0.25) is 19.2 Å². The summed E-state index contributed by atoms with van der Waals surface area (Å²) in [6.07, 6.45) is 4.62. The number of alkyl halides is 2. The molecule has 1 amide bonds. The molecule has 6 nitrogen and oxygen atoms in total. The van der Waals surface area contributed by atoms with Gasteiger partial charge >= 0.3 is 6.55 Å². The van der Waals surface area contributed by atoms with Crippen molar-refractivity contribution in [3.63, 3.8) is 0 Å². The molecule has 164 valence electrons. The zero-order valence-electron chi connectivity index (χ0n) is 17.6. The van der Waals surface area contributed by atoms with Crippen molar-refractivity contribution >= 4 is 16.9 Å². The van der Waals surface area contributed by atoms with Gasteiger partial charge < -0.3 is 4.90 Å². The third-order valence-electron chi connectivity index (χ3n) is 6.46. The number of fused-ring (bicyclic) bond motifs is 1. The number of likely N-dealkylation sites (tertiary alicyclic amines) is 1. The maximum atomic E-state index is 13.8. The highest BCUT2D eigenvalue weighted by Crippen LogP contribution is 2.29. The summed E-state index contributed by atoms with van der Waals surface area (Å²) in [6.45, 7) is 4.52. The molecule has 2 aromatic rings. The van der Waals surface area contributed by atoms with Crippen LogP contribution >= 0.6 is 0 Å². The Morgan fingerprint density at radius 1 is 1.00 bits per heavy atom. The molecule has 2 aliphatic rings. The summed E-state index contributed by atoms with van der Waals surface area (Å²) in [5.74, 6) is 0.623. The lowest BCUT2D eigenvalue weighted by molar-refractivity contribution is -0.132. The fourth-order valence-corrected chi connectivity index (χ4v) is 4.65. The highest BCUT2D eigenvalue weighted by Gasteiger charge is 2.29. The first-order chi connectivity index (χ1) is 14.5. The van der Waals surface area contributed by atoms with Crippen LogP contribution in [0.2, 0.25) is 0 Å². The zero-order valence-corrected chi connectivity index (χ0v) is 17.6. The molecule has 2 aliphatic heterocycles. The minimum atomic E-state index is -2.62. The third-order valence-corrected chi connectivity index (χ3v) is 6.46. The van der Waals surface area contributed by atoms with Crippen LogP contribution in [0.1, 0.15) is 51.0 Å². The van der Waals surface area contributed by atoms with Crippen LogP contribution in [-0.4, -0.2) is 76.0 Å². The Kier molecular flexibility index (Phi) is 6.63. The molecule has 2 saturated heterocycles. The van der Waals surface area contributed by atoms with Gasteiger partial charge in [0.05, 0.1) is 23.6 Å². The number of halogens is 2. The van der Waals surface area contributed by atoms with E-state index in [1.165, 1.54) is 12.8 Å². The molecule has 1 atom stereocenters. The van der Waals surface area contributed by atoms with Gasteiger partial charge in [-0.2, -0.15) is 8.78 Å². The number of nitrogens with zero attached hydrogens (tertiary/aromatic N) is 5. The van der Waals surface area contributed by atoms with Crippen LogP contribution in [-0.2, 0) is 4.79 Å². The Labute approximate surface area is 176 Å². The average Bonchev–Trinajstić information content (AvgIpc) is 2.92. The number of piperazine rings is 1. The average molecular weight is 420 g/mol. The van der Waals surface area contributed by atoms with Crippen LogP contribution in [0.5, 0.6) is 0 Å². The second-order valence-corrected chi connectivity index (χ2v) is 8.39. The molecule has 0 bridgehead atoms. The molecular formula is C22H31F2N5O. The summed E-state index contributed by atoms with van der Waals surface area (Å²) in [7, 11) is 0. The maximum Gasteiger partial charge on any atom is 0.320 e. The number of carbonyl (C=O) groups excluding carboxylic acids is 1. The first-order valence-electron chi connectivity index (χ1n) is 11.0. The van der Waals surface area contributed by atoms with E-state index in [4.69, 9.17) is 0 Å². The lowest BCUT2D eigenvalue weighted by atomic mass is 10.2. The van der Waals surface area contributed by atoms with E-state index in [9.17, 15) is 13.6 Å². The topological polar surface area (TPSA) is 44.6 Å². The normalized spacial score (nSPS) is 20.6. The highest BCUT2D eigenvalue weighted by atomic mass is 19.3. The van der Waals surface area contributed by atoms with Crippen molar-refractivity contribution in [3.05, 3.63) is 30.1 Å². The third kappa shape index (κ3) is 4.49. The first-order valence-corrected chi connectivity index (χ1v) is 11.0. The molecule has 0 aliphatic carbocycles. The molecular weight excluding hydrogens is 388 g/mol. The van der Waals surface area contributed by atoms with Gasteiger partial charge in [-0.05, 0) is 31.9 Å². The summed E-state index contributed by atoms with van der Waals surface area (Å²) >= 11 is 0. The van der Waals surface area contributed by atoms with Crippen LogP contribution in [0.25, 0.3) is 11.0 Å². The molecule has 30 heavy (non-hydrogen) atoms. The number of carbonyl (C=O) groups is 1. The smallest absolute Gasteiger partial charge is 0.320 e. The molecule has 3 heterocycles. The molecule has 8 heteroatoms. The van der Waals surface area contributed by atoms with Gasteiger partial charge in [0, 0.05) is 39.3 Å². The Bertz CT molecular complexity index is 854. The summed E-state index contributed by atoms with van der Waals surface area (Å²) in [6, 6.07) is 6.83. The minimum Gasteiger partial charge on any atom is -0.342 e. The lowest BCUT2D eigenvalue weighted by Gasteiger charge is -2.38. The summed E-state index contributed by atoms with van der Waals surface area (Å²) in [5.41, 5.74) is 1.07. The largest absolute Gasteiger partial charge is 0.342 e. The summed E-state index contributed by atoms with van der Waals surface area (Å²) < 4.78 is 28.6. The number of imidazole rings is 1. The first kappa shape index (κ1) is 21.2. The van der Waals surface area contributed by atoms with Gasteiger partial charge in [-0.1, -0.05) is 25.0 Å². The molecule has 0 N–H and O–H groups in total. The van der Waals surface area contributed by atoms with Crippen molar-refractivity contribution in [3.8, 4) is 0 Å². The van der Waals surface area contributed by atoms with Crippen LogP contribution in [0, 0.1) is 0 Å². The number of hydrogen-bond acceptors (Lipinski definition) is 4. The predicted octanol–water partition coefficient (Wildman–Crippen LogP) is 3.51. The van der Waals surface area contributed by atoms with E-state index < -0.39 is 6.55 Å². The van der Waals surface area contributed by atoms with Gasteiger partial charge in [-0.25, -0.2) is 4.98 Å². The monoisotopic (exact) mass is 419 g/mol. The van der Waals surface area contributed by atoms with Crippen LogP contribution < -0.4 is 0 Å². The van der Waals surface area contributed by atoms with Gasteiger partial charge in [-0.15, -0.1) is 0 Å². The lowest BCUT2D eigenvalue weighted by Crippen LogP contribution is -2.50. The standard InChI is InChI=1S/C22H31F2N5O/c1-17(21-25-18-8-4-5-9-19(18)29(21)22(23)24)27-14-12-26(13-15-27)16-20(30)28-10-6-2-3-7-11-28/h4-5,8-9,17,22H,2-3,6-7,10-16H2,1H3. The van der Waals surface area contributed by atoms with E-state index in [1.54, 1.807) is 18.2 Å². The van der Waals surface area contributed by atoms with E-state index in [0.29, 0.717) is 23.4 Å². The van der Waals surface area contributed by atoms with Gasteiger partial charge in [0.1, 0.15) is 5.82 Å². The number of hydrogen-bond donors (Lipinski definition) is 0.